The molecule has 0 bridgehead atoms. The van der Waals surface area contributed by atoms with E-state index in [4.69, 9.17) is 5.84 Å². The van der Waals surface area contributed by atoms with Gasteiger partial charge in [-0.1, -0.05) is 12.8 Å². The van der Waals surface area contributed by atoms with Crippen LogP contribution in [0, 0.1) is 0 Å². The Bertz CT molecular complexity index is 524. The molecule has 1 aliphatic carbocycles. The molecule has 1 fully saturated rings. The number of hydrogen-bond acceptors (Lipinski definition) is 5. The quantitative estimate of drug-likeness (QED) is 0.559. The molecule has 1 aromatic rings. The van der Waals surface area contributed by atoms with Gasteiger partial charge in [-0.2, -0.15) is 0 Å². The summed E-state index contributed by atoms with van der Waals surface area (Å²) in [6, 6.07) is 1.53. The Labute approximate surface area is 107 Å². The van der Waals surface area contributed by atoms with E-state index in [9.17, 15) is 8.42 Å². The molecule has 0 saturated heterocycles. The highest BCUT2D eigenvalue weighted by Crippen LogP contribution is 2.31. The molecule has 0 aliphatic heterocycles. The van der Waals surface area contributed by atoms with E-state index in [0.29, 0.717) is 5.69 Å². The van der Waals surface area contributed by atoms with Crippen molar-refractivity contribution in [2.24, 2.45) is 5.84 Å². The van der Waals surface area contributed by atoms with Crippen LogP contribution in [0.15, 0.2) is 23.4 Å². The van der Waals surface area contributed by atoms with Gasteiger partial charge in [0.1, 0.15) is 4.90 Å². The van der Waals surface area contributed by atoms with Crippen molar-refractivity contribution in [1.29, 1.82) is 0 Å². The van der Waals surface area contributed by atoms with E-state index in [-0.39, 0.29) is 10.4 Å². The number of hydrazine groups is 1. The second kappa shape index (κ2) is 4.83. The highest BCUT2D eigenvalue weighted by Gasteiger charge is 2.34. The Morgan fingerprint density at radius 2 is 2.06 bits per heavy atom. The Hall–Kier alpha value is -1.18. The first-order valence-corrected chi connectivity index (χ1v) is 7.40. The van der Waals surface area contributed by atoms with Gasteiger partial charge in [0.2, 0.25) is 10.0 Å². The molecule has 1 aliphatic rings. The molecule has 1 aromatic heterocycles. The second-order valence-electron chi connectivity index (χ2n) is 4.89. The van der Waals surface area contributed by atoms with Crippen molar-refractivity contribution in [3.63, 3.8) is 0 Å². The summed E-state index contributed by atoms with van der Waals surface area (Å²) in [6.45, 7) is 1.93. The Kier molecular flexibility index (Phi) is 3.56. The molecule has 0 atom stereocenters. The third-order valence-electron chi connectivity index (χ3n) is 3.32. The summed E-state index contributed by atoms with van der Waals surface area (Å²) in [5.41, 5.74) is 2.37. The lowest BCUT2D eigenvalue weighted by molar-refractivity contribution is 0.427. The van der Waals surface area contributed by atoms with E-state index in [1.54, 1.807) is 0 Å². The zero-order chi connectivity index (χ0) is 13.2. The Balaban J connectivity index is 2.30. The molecule has 2 rings (SSSR count). The van der Waals surface area contributed by atoms with Crippen LogP contribution in [0.3, 0.4) is 0 Å². The lowest BCUT2D eigenvalue weighted by atomic mass is 10.0. The van der Waals surface area contributed by atoms with Crippen LogP contribution < -0.4 is 16.0 Å². The van der Waals surface area contributed by atoms with Crippen LogP contribution in [-0.4, -0.2) is 18.9 Å². The maximum Gasteiger partial charge on any atom is 0.244 e. The number of hydrogen-bond donors (Lipinski definition) is 3. The first-order valence-electron chi connectivity index (χ1n) is 5.91. The molecule has 1 heterocycles. The van der Waals surface area contributed by atoms with Gasteiger partial charge in [-0.05, 0) is 25.8 Å². The molecule has 0 spiro atoms. The molecular weight excluding hydrogens is 252 g/mol. The molecule has 0 radical (unpaired) electrons. The third kappa shape index (κ3) is 2.63. The standard InChI is InChI=1S/C11H18N4O2S/c1-11(5-2-3-6-11)15-18(16,17)10-8-13-7-4-9(10)14-12/h4,7-8,15H,2-3,5-6,12H2,1H3,(H,13,14). The normalized spacial score (nSPS) is 18.8. The first-order chi connectivity index (χ1) is 8.47. The van der Waals surface area contributed by atoms with E-state index in [1.807, 2.05) is 6.92 Å². The third-order valence-corrected chi connectivity index (χ3v) is 4.98. The highest BCUT2D eigenvalue weighted by atomic mass is 32.2. The molecule has 0 aromatic carbocycles. The zero-order valence-electron chi connectivity index (χ0n) is 10.3. The smallest absolute Gasteiger partial charge is 0.244 e. The fraction of sp³-hybridized carbons (Fsp3) is 0.545. The molecular formula is C11H18N4O2S. The summed E-state index contributed by atoms with van der Waals surface area (Å²) in [7, 11) is -3.60. The number of nitrogens with two attached hydrogens (primary N) is 1. The maximum atomic E-state index is 12.3. The van der Waals surface area contributed by atoms with Crippen LogP contribution in [0.25, 0.3) is 0 Å². The first kappa shape index (κ1) is 13.3. The minimum Gasteiger partial charge on any atom is -0.323 e. The van der Waals surface area contributed by atoms with Gasteiger partial charge in [0.15, 0.2) is 0 Å². The fourth-order valence-electron chi connectivity index (χ4n) is 2.35. The van der Waals surface area contributed by atoms with Gasteiger partial charge in [0.25, 0.3) is 0 Å². The minimum absolute atomic E-state index is 0.0839. The molecule has 0 amide bonds. The number of aromatic nitrogens is 1. The minimum atomic E-state index is -3.60. The van der Waals surface area contributed by atoms with Crippen molar-refractivity contribution in [2.45, 2.75) is 43.0 Å². The van der Waals surface area contributed by atoms with Crippen LogP contribution in [0.4, 0.5) is 5.69 Å². The van der Waals surface area contributed by atoms with Crippen LogP contribution in [0.2, 0.25) is 0 Å². The average molecular weight is 270 g/mol. The van der Waals surface area contributed by atoms with Gasteiger partial charge >= 0.3 is 0 Å². The maximum absolute atomic E-state index is 12.3. The van der Waals surface area contributed by atoms with Crippen molar-refractivity contribution in [3.05, 3.63) is 18.5 Å². The van der Waals surface area contributed by atoms with Crippen LogP contribution in [0.5, 0.6) is 0 Å². The van der Waals surface area contributed by atoms with E-state index in [1.165, 1.54) is 18.5 Å². The van der Waals surface area contributed by atoms with Crippen molar-refractivity contribution in [2.75, 3.05) is 5.43 Å². The second-order valence-corrected chi connectivity index (χ2v) is 6.54. The summed E-state index contributed by atoms with van der Waals surface area (Å²) in [5.74, 6) is 5.32. The van der Waals surface area contributed by atoms with Crippen molar-refractivity contribution in [1.82, 2.24) is 9.71 Å². The lowest BCUT2D eigenvalue weighted by Crippen LogP contribution is -2.43. The zero-order valence-corrected chi connectivity index (χ0v) is 11.1. The predicted octanol–water partition coefficient (Wildman–Crippen LogP) is 0.978. The van der Waals surface area contributed by atoms with Gasteiger partial charge < -0.3 is 5.43 Å². The molecule has 100 valence electrons. The summed E-state index contributed by atoms with van der Waals surface area (Å²) < 4.78 is 27.4. The van der Waals surface area contributed by atoms with E-state index in [0.717, 1.165) is 25.7 Å². The highest BCUT2D eigenvalue weighted by molar-refractivity contribution is 7.89. The van der Waals surface area contributed by atoms with Crippen LogP contribution >= 0.6 is 0 Å². The number of nitrogen functional groups attached to an aromatic ring is 1. The molecule has 1 saturated carbocycles. The van der Waals surface area contributed by atoms with E-state index < -0.39 is 10.0 Å². The lowest BCUT2D eigenvalue weighted by Gasteiger charge is -2.25. The molecule has 7 heteroatoms. The Morgan fingerprint density at radius 1 is 1.39 bits per heavy atom. The van der Waals surface area contributed by atoms with E-state index in [2.05, 4.69) is 15.1 Å². The number of anilines is 1. The molecule has 4 N–H and O–H groups in total. The van der Waals surface area contributed by atoms with Gasteiger partial charge in [-0.25, -0.2) is 13.1 Å². The van der Waals surface area contributed by atoms with Gasteiger partial charge in [0.05, 0.1) is 5.69 Å². The van der Waals surface area contributed by atoms with Crippen molar-refractivity contribution < 1.29 is 8.42 Å². The number of rotatable bonds is 4. The number of nitrogens with one attached hydrogen (secondary N) is 2. The van der Waals surface area contributed by atoms with Gasteiger partial charge in [-0.15, -0.1) is 0 Å². The Morgan fingerprint density at radius 3 is 2.67 bits per heavy atom. The fourth-order valence-corrected chi connectivity index (χ4v) is 3.93. The summed E-state index contributed by atoms with van der Waals surface area (Å²) in [5, 5.41) is 0. The van der Waals surface area contributed by atoms with Gasteiger partial charge in [-0.3, -0.25) is 10.8 Å². The number of nitrogens with zero attached hydrogens (tertiary/aromatic N) is 1. The number of pyridine rings is 1. The summed E-state index contributed by atoms with van der Waals surface area (Å²) in [6.07, 6.45) is 6.61. The topological polar surface area (TPSA) is 97.1 Å². The molecule has 18 heavy (non-hydrogen) atoms. The average Bonchev–Trinajstić information content (AvgIpc) is 2.74. The van der Waals surface area contributed by atoms with Crippen LogP contribution in [0.1, 0.15) is 32.6 Å². The monoisotopic (exact) mass is 270 g/mol. The van der Waals surface area contributed by atoms with Crippen molar-refractivity contribution in [3.8, 4) is 0 Å². The summed E-state index contributed by atoms with van der Waals surface area (Å²) in [4.78, 5) is 3.93. The number of sulfonamides is 1. The van der Waals surface area contributed by atoms with Crippen molar-refractivity contribution >= 4 is 15.7 Å². The van der Waals surface area contributed by atoms with E-state index >= 15 is 0 Å². The largest absolute Gasteiger partial charge is 0.323 e. The molecule has 0 unspecified atom stereocenters. The van der Waals surface area contributed by atoms with Gasteiger partial charge in [0, 0.05) is 17.9 Å². The van der Waals surface area contributed by atoms with Crippen LogP contribution in [-0.2, 0) is 10.0 Å². The molecule has 6 nitrogen and oxygen atoms in total. The predicted molar refractivity (Wildman–Crippen MR) is 69.2 cm³/mol. The summed E-state index contributed by atoms with van der Waals surface area (Å²) >= 11 is 0. The SMILES string of the molecule is CC1(NS(=O)(=O)c2cnccc2NN)CCCC1.